The molecule has 1 aromatic rings. The van der Waals surface area contributed by atoms with Crippen LogP contribution in [0.25, 0.3) is 0 Å². The van der Waals surface area contributed by atoms with Crippen LogP contribution in [0.5, 0.6) is 0 Å². The van der Waals surface area contributed by atoms with Gasteiger partial charge < -0.3 is 5.32 Å². The smallest absolute Gasteiger partial charge is 0.255 e. The van der Waals surface area contributed by atoms with E-state index in [2.05, 4.69) is 28.8 Å². The summed E-state index contributed by atoms with van der Waals surface area (Å²) in [4.78, 5) is 20.4. The van der Waals surface area contributed by atoms with Crippen LogP contribution < -0.4 is 5.32 Å². The molecule has 1 amide bonds. The number of amides is 1. The van der Waals surface area contributed by atoms with Crippen molar-refractivity contribution < 1.29 is 4.79 Å². The van der Waals surface area contributed by atoms with Gasteiger partial charge in [0.05, 0.1) is 11.9 Å². The number of pyridine rings is 1. The molecule has 0 aliphatic carbocycles. The van der Waals surface area contributed by atoms with Crippen molar-refractivity contribution in [1.29, 1.82) is 0 Å². The SMILES string of the molecule is C=C/C(=C\C(C)=NC)C(=O)Nc1cnc(C)c(CC)c1. The summed E-state index contributed by atoms with van der Waals surface area (Å²) in [6, 6.07) is 1.95. The van der Waals surface area contributed by atoms with E-state index in [-0.39, 0.29) is 5.91 Å². The van der Waals surface area contributed by atoms with E-state index in [0.717, 1.165) is 23.4 Å². The first kappa shape index (κ1) is 15.8. The molecule has 0 fully saturated rings. The average Bonchev–Trinajstić information content (AvgIpc) is 2.46. The van der Waals surface area contributed by atoms with Crippen LogP contribution >= 0.6 is 0 Å². The van der Waals surface area contributed by atoms with Crippen LogP contribution in [0.1, 0.15) is 25.1 Å². The summed E-state index contributed by atoms with van der Waals surface area (Å²) in [5, 5.41) is 2.83. The molecule has 0 saturated heterocycles. The number of carbonyl (C=O) groups is 1. The molecule has 0 aromatic carbocycles. The molecule has 0 unspecified atom stereocenters. The van der Waals surface area contributed by atoms with Gasteiger partial charge >= 0.3 is 0 Å². The fraction of sp³-hybridized carbons (Fsp3) is 0.312. The number of allylic oxidation sites excluding steroid dienone is 1. The lowest BCUT2D eigenvalue weighted by Gasteiger charge is -2.08. The molecule has 106 valence electrons. The quantitative estimate of drug-likeness (QED) is 0.508. The lowest BCUT2D eigenvalue weighted by atomic mass is 10.1. The maximum atomic E-state index is 12.1. The van der Waals surface area contributed by atoms with Gasteiger partial charge in [-0.25, -0.2) is 0 Å². The molecule has 1 heterocycles. The van der Waals surface area contributed by atoms with Gasteiger partial charge in [-0.05, 0) is 38.0 Å². The molecular formula is C16H21N3O. The van der Waals surface area contributed by atoms with E-state index < -0.39 is 0 Å². The van der Waals surface area contributed by atoms with Crippen molar-refractivity contribution in [2.24, 2.45) is 4.99 Å². The van der Waals surface area contributed by atoms with Gasteiger partial charge in [0.2, 0.25) is 0 Å². The lowest BCUT2D eigenvalue weighted by molar-refractivity contribution is -0.112. The highest BCUT2D eigenvalue weighted by Crippen LogP contribution is 2.14. The van der Waals surface area contributed by atoms with Crippen molar-refractivity contribution in [3.05, 3.63) is 47.8 Å². The summed E-state index contributed by atoms with van der Waals surface area (Å²) in [7, 11) is 1.68. The number of nitrogens with zero attached hydrogens (tertiary/aromatic N) is 2. The van der Waals surface area contributed by atoms with E-state index in [9.17, 15) is 4.79 Å². The van der Waals surface area contributed by atoms with Gasteiger partial charge in [0.25, 0.3) is 5.91 Å². The molecule has 1 aromatic heterocycles. The highest BCUT2D eigenvalue weighted by molar-refractivity contribution is 6.10. The van der Waals surface area contributed by atoms with Crippen LogP contribution in [0.15, 0.2) is 41.6 Å². The summed E-state index contributed by atoms with van der Waals surface area (Å²) < 4.78 is 0. The molecule has 0 spiro atoms. The first-order valence-corrected chi connectivity index (χ1v) is 6.56. The third-order valence-corrected chi connectivity index (χ3v) is 3.03. The molecule has 0 bridgehead atoms. The molecular weight excluding hydrogens is 250 g/mol. The van der Waals surface area contributed by atoms with Crippen molar-refractivity contribution >= 4 is 17.3 Å². The first-order valence-electron chi connectivity index (χ1n) is 6.56. The number of aryl methyl sites for hydroxylation is 2. The summed E-state index contributed by atoms with van der Waals surface area (Å²) in [5.74, 6) is -0.212. The van der Waals surface area contributed by atoms with Crippen LogP contribution in [0.4, 0.5) is 5.69 Å². The van der Waals surface area contributed by atoms with E-state index in [4.69, 9.17) is 0 Å². The fourth-order valence-corrected chi connectivity index (χ4v) is 1.71. The summed E-state index contributed by atoms with van der Waals surface area (Å²) >= 11 is 0. The van der Waals surface area contributed by atoms with Crippen LogP contribution in [-0.2, 0) is 11.2 Å². The third-order valence-electron chi connectivity index (χ3n) is 3.03. The monoisotopic (exact) mass is 271 g/mol. The van der Waals surface area contributed by atoms with Crippen LogP contribution in [0.2, 0.25) is 0 Å². The van der Waals surface area contributed by atoms with Crippen molar-refractivity contribution in [2.75, 3.05) is 12.4 Å². The molecule has 4 nitrogen and oxygen atoms in total. The van der Waals surface area contributed by atoms with E-state index in [0.29, 0.717) is 11.3 Å². The van der Waals surface area contributed by atoms with Crippen molar-refractivity contribution in [2.45, 2.75) is 27.2 Å². The van der Waals surface area contributed by atoms with Gasteiger partial charge in [0.1, 0.15) is 0 Å². The number of hydrogen-bond donors (Lipinski definition) is 1. The zero-order chi connectivity index (χ0) is 15.1. The Morgan fingerprint density at radius 1 is 1.55 bits per heavy atom. The normalized spacial score (nSPS) is 12.2. The summed E-state index contributed by atoms with van der Waals surface area (Å²) in [6.45, 7) is 9.51. The number of nitrogens with one attached hydrogen (secondary N) is 1. The number of anilines is 1. The van der Waals surface area contributed by atoms with Crippen molar-refractivity contribution in [1.82, 2.24) is 4.98 Å². The molecule has 0 saturated carbocycles. The molecule has 1 N–H and O–H groups in total. The van der Waals surface area contributed by atoms with Crippen LogP contribution in [0.3, 0.4) is 0 Å². The number of rotatable bonds is 5. The predicted molar refractivity (Wildman–Crippen MR) is 84.3 cm³/mol. The predicted octanol–water partition coefficient (Wildman–Crippen LogP) is 3.09. The third kappa shape index (κ3) is 4.16. The highest BCUT2D eigenvalue weighted by atomic mass is 16.1. The van der Waals surface area contributed by atoms with Crippen LogP contribution in [0, 0.1) is 6.92 Å². The molecule has 20 heavy (non-hydrogen) atoms. The zero-order valence-electron chi connectivity index (χ0n) is 12.5. The van der Waals surface area contributed by atoms with Gasteiger partial charge in [-0.1, -0.05) is 19.6 Å². The van der Waals surface area contributed by atoms with Gasteiger partial charge in [-0.2, -0.15) is 0 Å². The maximum Gasteiger partial charge on any atom is 0.255 e. The lowest BCUT2D eigenvalue weighted by Crippen LogP contribution is -2.14. The average molecular weight is 271 g/mol. The van der Waals surface area contributed by atoms with Gasteiger partial charge in [0, 0.05) is 24.0 Å². The second-order valence-electron chi connectivity index (χ2n) is 4.44. The van der Waals surface area contributed by atoms with Gasteiger partial charge in [0.15, 0.2) is 0 Å². The van der Waals surface area contributed by atoms with Gasteiger partial charge in [-0.15, -0.1) is 0 Å². The van der Waals surface area contributed by atoms with Gasteiger partial charge in [-0.3, -0.25) is 14.8 Å². The van der Waals surface area contributed by atoms with Crippen LogP contribution in [-0.4, -0.2) is 23.7 Å². The zero-order valence-corrected chi connectivity index (χ0v) is 12.5. The molecule has 0 aliphatic heterocycles. The Balaban J connectivity index is 2.95. The summed E-state index contributed by atoms with van der Waals surface area (Å²) in [6.07, 6.45) is 5.76. The minimum absolute atomic E-state index is 0.212. The van der Waals surface area contributed by atoms with E-state index >= 15 is 0 Å². The summed E-state index contributed by atoms with van der Waals surface area (Å²) in [5.41, 5.74) is 4.05. The Bertz CT molecular complexity index is 571. The Labute approximate surface area is 120 Å². The standard InChI is InChI=1S/C16H21N3O/c1-6-13-9-15(10-18-12(13)4)19-16(20)14(7-2)8-11(3)17-5/h7-10H,2,6H2,1,3-5H3,(H,19,20)/b14-8+,17-11?. The number of hydrogen-bond acceptors (Lipinski definition) is 3. The molecule has 0 atom stereocenters. The molecule has 0 radical (unpaired) electrons. The minimum Gasteiger partial charge on any atom is -0.321 e. The number of aromatic nitrogens is 1. The second kappa shape index (κ2) is 7.38. The molecule has 0 aliphatic rings. The molecule has 4 heteroatoms. The fourth-order valence-electron chi connectivity index (χ4n) is 1.71. The first-order chi connectivity index (χ1) is 9.51. The maximum absolute atomic E-state index is 12.1. The topological polar surface area (TPSA) is 54.4 Å². The Kier molecular flexibility index (Phi) is 5.84. The molecule has 1 rings (SSSR count). The van der Waals surface area contributed by atoms with Crippen molar-refractivity contribution in [3.63, 3.8) is 0 Å². The largest absolute Gasteiger partial charge is 0.321 e. The Morgan fingerprint density at radius 2 is 2.25 bits per heavy atom. The second-order valence-corrected chi connectivity index (χ2v) is 4.44. The van der Waals surface area contributed by atoms with E-state index in [1.54, 1.807) is 19.3 Å². The Hall–Kier alpha value is -2.23. The van der Waals surface area contributed by atoms with E-state index in [1.165, 1.54) is 6.08 Å². The minimum atomic E-state index is -0.212. The highest BCUT2D eigenvalue weighted by Gasteiger charge is 2.08. The van der Waals surface area contributed by atoms with Crippen molar-refractivity contribution in [3.8, 4) is 0 Å². The number of carbonyl (C=O) groups excluding carboxylic acids is 1. The van der Waals surface area contributed by atoms with E-state index in [1.807, 2.05) is 19.9 Å². The number of aliphatic imine (C=N–C) groups is 1. The Morgan fingerprint density at radius 3 is 2.80 bits per heavy atom.